The predicted octanol–water partition coefficient (Wildman–Crippen LogP) is 7.59. The lowest BCUT2D eigenvalue weighted by Gasteiger charge is -2.11. The molecule has 2 heterocycles. The van der Waals surface area contributed by atoms with Crippen LogP contribution < -0.4 is 15.0 Å². The van der Waals surface area contributed by atoms with Crippen LogP contribution in [0.2, 0.25) is 10.0 Å². The second-order valence-electron chi connectivity index (χ2n) is 8.86. The molecule has 7 nitrogen and oxygen atoms in total. The van der Waals surface area contributed by atoms with Gasteiger partial charge >= 0.3 is 0 Å². The number of para-hydroxylation sites is 1. The highest BCUT2D eigenvalue weighted by Gasteiger charge is 2.18. The molecule has 0 bridgehead atoms. The van der Waals surface area contributed by atoms with Crippen LogP contribution in [0.4, 0.5) is 0 Å². The van der Waals surface area contributed by atoms with Crippen LogP contribution in [0, 0.1) is 0 Å². The first-order valence-electron chi connectivity index (χ1n) is 12.3. The molecule has 0 amide bonds. The second-order valence-corrected chi connectivity index (χ2v) is 9.70. The highest BCUT2D eigenvalue weighted by atomic mass is 35.5. The van der Waals surface area contributed by atoms with Gasteiger partial charge in [0.2, 0.25) is 5.82 Å². The Morgan fingerprint density at radius 1 is 0.925 bits per heavy atom. The van der Waals surface area contributed by atoms with Crippen molar-refractivity contribution in [3.05, 3.63) is 123 Å². The molecule has 0 unspecified atom stereocenters. The molecule has 0 saturated carbocycles. The van der Waals surface area contributed by atoms with E-state index in [0.29, 0.717) is 49.4 Å². The molecule has 2 aromatic heterocycles. The van der Waals surface area contributed by atoms with Gasteiger partial charge in [-0.05, 0) is 54.6 Å². The van der Waals surface area contributed by atoms with E-state index in [1.165, 1.54) is 10.9 Å². The molecule has 6 rings (SSSR count). The van der Waals surface area contributed by atoms with Crippen LogP contribution in [0.1, 0.15) is 11.1 Å². The van der Waals surface area contributed by atoms with Gasteiger partial charge in [0, 0.05) is 21.2 Å². The zero-order chi connectivity index (χ0) is 27.6. The lowest BCUT2D eigenvalue weighted by molar-refractivity contribution is 0.306. The molecule has 0 N–H and O–H groups in total. The molecule has 0 atom stereocenters. The average molecular weight is 570 g/mol. The normalized spacial score (nSPS) is 11.5. The molecule has 9 heteroatoms. The smallest absolute Gasteiger partial charge is 0.282 e. The van der Waals surface area contributed by atoms with Crippen LogP contribution in [-0.2, 0) is 6.61 Å². The first kappa shape index (κ1) is 25.7. The Morgan fingerprint density at radius 3 is 2.60 bits per heavy atom. The topological polar surface area (TPSA) is 78.9 Å². The van der Waals surface area contributed by atoms with Crippen molar-refractivity contribution >= 4 is 51.3 Å². The average Bonchev–Trinajstić information content (AvgIpc) is 3.41. The van der Waals surface area contributed by atoms with Crippen molar-refractivity contribution < 1.29 is 13.9 Å². The van der Waals surface area contributed by atoms with Crippen molar-refractivity contribution in [3.8, 4) is 23.1 Å². The molecule has 0 aliphatic carbocycles. The van der Waals surface area contributed by atoms with Crippen molar-refractivity contribution in [2.75, 3.05) is 7.11 Å². The molecule has 4 aromatic carbocycles. The van der Waals surface area contributed by atoms with E-state index in [4.69, 9.17) is 42.1 Å². The van der Waals surface area contributed by atoms with Crippen LogP contribution in [0.5, 0.6) is 11.5 Å². The Morgan fingerprint density at radius 2 is 1.75 bits per heavy atom. The molecule has 0 radical (unpaired) electrons. The van der Waals surface area contributed by atoms with Gasteiger partial charge in [-0.25, -0.2) is 4.98 Å². The number of methoxy groups -OCH3 is 1. The largest absolute Gasteiger partial charge is 0.496 e. The number of nitrogens with zero attached hydrogens (tertiary/aromatic N) is 3. The Labute approximate surface area is 238 Å². The summed E-state index contributed by atoms with van der Waals surface area (Å²) in [7, 11) is 1.59. The SMILES string of the molecule is COc1cccc2oc(-c3nc4ccccc4c(=O)n3N=Cc3cc(Cl)ccc3OCc3ccccc3Cl)cc12. The third-order valence-corrected chi connectivity index (χ3v) is 6.94. The van der Waals surface area contributed by atoms with Crippen LogP contribution >= 0.6 is 23.2 Å². The van der Waals surface area contributed by atoms with Crippen LogP contribution in [0.15, 0.2) is 105 Å². The monoisotopic (exact) mass is 569 g/mol. The number of halogens is 2. The second kappa shape index (κ2) is 10.9. The zero-order valence-electron chi connectivity index (χ0n) is 21.2. The Balaban J connectivity index is 1.46. The summed E-state index contributed by atoms with van der Waals surface area (Å²) < 4.78 is 18.9. The van der Waals surface area contributed by atoms with Crippen LogP contribution in [0.3, 0.4) is 0 Å². The van der Waals surface area contributed by atoms with E-state index < -0.39 is 0 Å². The first-order chi connectivity index (χ1) is 19.5. The molecule has 0 fully saturated rings. The van der Waals surface area contributed by atoms with Crippen molar-refractivity contribution in [2.24, 2.45) is 5.10 Å². The number of aromatic nitrogens is 2. The van der Waals surface area contributed by atoms with Crippen LogP contribution in [-0.4, -0.2) is 23.0 Å². The fourth-order valence-corrected chi connectivity index (χ4v) is 4.73. The number of furan rings is 1. The number of hydrogen-bond acceptors (Lipinski definition) is 6. The lowest BCUT2D eigenvalue weighted by atomic mass is 10.2. The number of ether oxygens (including phenoxy) is 2. The quantitative estimate of drug-likeness (QED) is 0.185. The predicted molar refractivity (Wildman–Crippen MR) is 158 cm³/mol. The van der Waals surface area contributed by atoms with Gasteiger partial charge in [0.15, 0.2) is 5.76 Å². The van der Waals surface area contributed by atoms with E-state index in [9.17, 15) is 4.79 Å². The first-order valence-corrected chi connectivity index (χ1v) is 13.1. The number of fused-ring (bicyclic) bond motifs is 2. The summed E-state index contributed by atoms with van der Waals surface area (Å²) in [5, 5.41) is 6.81. The van der Waals surface area contributed by atoms with Gasteiger partial charge in [0.05, 0.1) is 29.6 Å². The number of benzene rings is 4. The fraction of sp³-hybridized carbons (Fsp3) is 0.0645. The van der Waals surface area contributed by atoms with Crippen molar-refractivity contribution in [1.82, 2.24) is 9.66 Å². The van der Waals surface area contributed by atoms with Gasteiger partial charge in [-0.2, -0.15) is 9.78 Å². The summed E-state index contributed by atoms with van der Waals surface area (Å²) in [4.78, 5) is 18.4. The van der Waals surface area contributed by atoms with E-state index >= 15 is 0 Å². The summed E-state index contributed by atoms with van der Waals surface area (Å²) >= 11 is 12.6. The van der Waals surface area contributed by atoms with Gasteiger partial charge in [-0.1, -0.05) is 59.6 Å². The summed E-state index contributed by atoms with van der Waals surface area (Å²) in [6.07, 6.45) is 1.51. The maximum absolute atomic E-state index is 13.7. The molecule has 0 aliphatic rings. The highest BCUT2D eigenvalue weighted by molar-refractivity contribution is 6.31. The Bertz CT molecular complexity index is 1960. The minimum atomic E-state index is -0.357. The fourth-order valence-electron chi connectivity index (χ4n) is 4.36. The van der Waals surface area contributed by atoms with Gasteiger partial charge < -0.3 is 13.9 Å². The summed E-state index contributed by atoms with van der Waals surface area (Å²) in [5.41, 5.74) is 2.16. The third-order valence-electron chi connectivity index (χ3n) is 6.34. The third kappa shape index (κ3) is 4.93. The molecule has 0 saturated heterocycles. The van der Waals surface area contributed by atoms with Crippen molar-refractivity contribution in [2.45, 2.75) is 6.61 Å². The molecule has 0 aliphatic heterocycles. The maximum Gasteiger partial charge on any atom is 0.282 e. The standard InChI is InChI=1S/C31H21Cl2N3O4/c1-38-27-11-6-12-28-23(27)16-29(40-28)30-35-25-10-5-3-8-22(25)31(37)36(30)34-17-20-15-21(32)13-14-26(20)39-18-19-7-2-4-9-24(19)33/h2-17H,18H2,1H3. The summed E-state index contributed by atoms with van der Waals surface area (Å²) in [6, 6.07) is 27.0. The van der Waals surface area contributed by atoms with Crippen LogP contribution in [0.25, 0.3) is 33.5 Å². The summed E-state index contributed by atoms with van der Waals surface area (Å²) in [6.45, 7) is 0.242. The van der Waals surface area contributed by atoms with Gasteiger partial charge in [0.25, 0.3) is 5.56 Å². The molecule has 6 aromatic rings. The van der Waals surface area contributed by atoms with Crippen molar-refractivity contribution in [1.29, 1.82) is 0 Å². The molecule has 0 spiro atoms. The zero-order valence-corrected chi connectivity index (χ0v) is 22.7. The molecule has 40 heavy (non-hydrogen) atoms. The Hall–Kier alpha value is -4.59. The van der Waals surface area contributed by atoms with Gasteiger partial charge in [-0.3, -0.25) is 4.79 Å². The van der Waals surface area contributed by atoms with E-state index in [1.54, 1.807) is 55.6 Å². The lowest BCUT2D eigenvalue weighted by Crippen LogP contribution is -2.20. The van der Waals surface area contributed by atoms with E-state index in [1.807, 2.05) is 42.5 Å². The number of rotatable bonds is 7. The van der Waals surface area contributed by atoms with Crippen molar-refractivity contribution in [3.63, 3.8) is 0 Å². The van der Waals surface area contributed by atoms with Gasteiger partial charge in [-0.15, -0.1) is 0 Å². The Kier molecular flexibility index (Phi) is 6.99. The highest BCUT2D eigenvalue weighted by Crippen LogP contribution is 2.33. The van der Waals surface area contributed by atoms with Gasteiger partial charge in [0.1, 0.15) is 23.7 Å². The number of hydrogen-bond donors (Lipinski definition) is 0. The van der Waals surface area contributed by atoms with E-state index in [0.717, 1.165) is 10.9 Å². The minimum absolute atomic E-state index is 0.235. The molecular formula is C31H21Cl2N3O4. The maximum atomic E-state index is 13.7. The minimum Gasteiger partial charge on any atom is -0.496 e. The molecule has 198 valence electrons. The molecular weight excluding hydrogens is 549 g/mol. The van der Waals surface area contributed by atoms with E-state index in [-0.39, 0.29) is 18.0 Å². The summed E-state index contributed by atoms with van der Waals surface area (Å²) in [5.74, 6) is 1.76. The van der Waals surface area contributed by atoms with E-state index in [2.05, 4.69) is 5.10 Å².